The number of rotatable bonds is 7. The van der Waals surface area contributed by atoms with Gasteiger partial charge in [-0.05, 0) is 44.4 Å². The fraction of sp³-hybridized carbons (Fsp3) is 0.300. The van der Waals surface area contributed by atoms with Crippen LogP contribution < -0.4 is 4.90 Å². The number of carbonyl (C=O) groups is 1. The van der Waals surface area contributed by atoms with Crippen molar-refractivity contribution in [2.24, 2.45) is 0 Å². The number of aromatic nitrogens is 1. The highest BCUT2D eigenvalue weighted by molar-refractivity contribution is 7.91. The summed E-state index contributed by atoms with van der Waals surface area (Å²) < 4.78 is 25.4. The summed E-state index contributed by atoms with van der Waals surface area (Å²) in [6.07, 6.45) is 0. The number of amides is 1. The minimum Gasteiger partial charge on any atom is -0.308 e. The molecule has 0 spiro atoms. The van der Waals surface area contributed by atoms with Crippen molar-refractivity contribution in [1.29, 1.82) is 0 Å². The van der Waals surface area contributed by atoms with Crippen LogP contribution in [0.4, 0.5) is 5.13 Å². The maximum atomic E-state index is 13.3. The summed E-state index contributed by atoms with van der Waals surface area (Å²) in [6, 6.07) is 14.0. The zero-order valence-corrected chi connectivity index (χ0v) is 19.0. The first kappa shape index (κ1) is 23.3. The Morgan fingerprint density at radius 3 is 2.45 bits per heavy atom. The average molecular weight is 454 g/mol. The van der Waals surface area contributed by atoms with Crippen LogP contribution in [0.3, 0.4) is 0 Å². The predicted molar refractivity (Wildman–Crippen MR) is 121 cm³/mol. The number of halogens is 1. The number of fused-ring (bicyclic) bond motifs is 1. The van der Waals surface area contributed by atoms with E-state index in [1.807, 2.05) is 43.3 Å². The number of likely N-dealkylation sites (N-methyl/N-ethyl adjacent to an activating group) is 1. The predicted octanol–water partition coefficient (Wildman–Crippen LogP) is 3.72. The van der Waals surface area contributed by atoms with E-state index >= 15 is 0 Å². The fourth-order valence-electron chi connectivity index (χ4n) is 2.70. The lowest BCUT2D eigenvalue weighted by Crippen LogP contribution is -2.36. The highest BCUT2D eigenvalue weighted by atomic mass is 35.5. The van der Waals surface area contributed by atoms with E-state index in [0.29, 0.717) is 23.8 Å². The third-order valence-corrected chi connectivity index (χ3v) is 7.14. The first-order valence-electron chi connectivity index (χ1n) is 8.97. The minimum absolute atomic E-state index is 0. The molecule has 0 unspecified atom stereocenters. The number of carbonyl (C=O) groups excluding carboxylic acids is 1. The number of hydrogen-bond acceptors (Lipinski definition) is 6. The quantitative estimate of drug-likeness (QED) is 0.545. The molecule has 0 N–H and O–H groups in total. The Labute approximate surface area is 181 Å². The molecular formula is C20H24ClN3O3S2. The molecule has 1 amide bonds. The van der Waals surface area contributed by atoms with Gasteiger partial charge in [0.2, 0.25) is 0 Å². The molecule has 0 aliphatic rings. The van der Waals surface area contributed by atoms with Crippen LogP contribution in [0, 0.1) is 0 Å². The van der Waals surface area contributed by atoms with Gasteiger partial charge in [0.1, 0.15) is 0 Å². The number of anilines is 1. The van der Waals surface area contributed by atoms with Gasteiger partial charge < -0.3 is 4.90 Å². The maximum Gasteiger partial charge on any atom is 0.260 e. The Morgan fingerprint density at radius 1 is 1.07 bits per heavy atom. The molecule has 0 bridgehead atoms. The second-order valence-corrected chi connectivity index (χ2v) is 9.94. The second kappa shape index (κ2) is 9.67. The Balaban J connectivity index is 0.00000300. The van der Waals surface area contributed by atoms with E-state index in [0.717, 1.165) is 10.2 Å². The summed E-state index contributed by atoms with van der Waals surface area (Å²) in [4.78, 5) is 21.7. The van der Waals surface area contributed by atoms with Crippen molar-refractivity contribution in [2.45, 2.75) is 11.8 Å². The van der Waals surface area contributed by atoms with Gasteiger partial charge in [-0.15, -0.1) is 12.4 Å². The first-order valence-corrected chi connectivity index (χ1v) is 11.4. The van der Waals surface area contributed by atoms with Gasteiger partial charge >= 0.3 is 0 Å². The second-order valence-electron chi connectivity index (χ2n) is 6.66. The van der Waals surface area contributed by atoms with Crippen molar-refractivity contribution in [3.05, 3.63) is 54.1 Å². The van der Waals surface area contributed by atoms with Crippen LogP contribution in [-0.4, -0.2) is 57.1 Å². The Hall–Kier alpha value is -2.00. The van der Waals surface area contributed by atoms with E-state index in [4.69, 9.17) is 0 Å². The summed E-state index contributed by atoms with van der Waals surface area (Å²) in [5.41, 5.74) is 1.18. The smallest absolute Gasteiger partial charge is 0.260 e. The SMILES string of the molecule is CCS(=O)(=O)c1cccc(C(=O)N(CCN(C)C)c2nc3ccccc3s2)c1.Cl. The first-order chi connectivity index (χ1) is 13.3. The van der Waals surface area contributed by atoms with Crippen molar-refractivity contribution in [3.8, 4) is 0 Å². The Bertz CT molecular complexity index is 1060. The van der Waals surface area contributed by atoms with Gasteiger partial charge in [-0.2, -0.15) is 0 Å². The third-order valence-electron chi connectivity index (χ3n) is 4.35. The molecule has 0 atom stereocenters. The third kappa shape index (κ3) is 5.33. The van der Waals surface area contributed by atoms with Crippen LogP contribution in [-0.2, 0) is 9.84 Å². The van der Waals surface area contributed by atoms with Gasteiger partial charge in [-0.1, -0.05) is 36.5 Å². The zero-order valence-electron chi connectivity index (χ0n) is 16.5. The van der Waals surface area contributed by atoms with E-state index < -0.39 is 9.84 Å². The molecule has 156 valence electrons. The lowest BCUT2D eigenvalue weighted by molar-refractivity contribution is 0.0985. The molecule has 0 radical (unpaired) electrons. The largest absolute Gasteiger partial charge is 0.308 e. The number of thiazole rings is 1. The number of hydrogen-bond donors (Lipinski definition) is 0. The van der Waals surface area contributed by atoms with E-state index in [-0.39, 0.29) is 29.0 Å². The summed E-state index contributed by atoms with van der Waals surface area (Å²) >= 11 is 1.45. The molecule has 6 nitrogen and oxygen atoms in total. The molecule has 3 rings (SSSR count). The molecule has 1 aromatic heterocycles. The number of nitrogens with zero attached hydrogens (tertiary/aromatic N) is 3. The normalized spacial score (nSPS) is 11.4. The highest BCUT2D eigenvalue weighted by Gasteiger charge is 2.23. The topological polar surface area (TPSA) is 70.6 Å². The molecule has 1 heterocycles. The van der Waals surface area contributed by atoms with Gasteiger partial charge in [0.25, 0.3) is 5.91 Å². The van der Waals surface area contributed by atoms with Crippen LogP contribution in [0.15, 0.2) is 53.4 Å². The van der Waals surface area contributed by atoms with Crippen LogP contribution in [0.25, 0.3) is 10.2 Å². The molecule has 29 heavy (non-hydrogen) atoms. The molecular weight excluding hydrogens is 430 g/mol. The molecule has 0 aliphatic heterocycles. The summed E-state index contributed by atoms with van der Waals surface area (Å²) in [5, 5.41) is 0.608. The maximum absolute atomic E-state index is 13.3. The van der Waals surface area contributed by atoms with E-state index in [9.17, 15) is 13.2 Å². The summed E-state index contributed by atoms with van der Waals surface area (Å²) in [7, 11) is 0.497. The van der Waals surface area contributed by atoms with Crippen LogP contribution in [0.2, 0.25) is 0 Å². The number of benzene rings is 2. The standard InChI is InChI=1S/C20H23N3O3S2.ClH/c1-4-28(25,26)16-9-7-8-15(14-16)19(24)23(13-12-22(2)3)20-21-17-10-5-6-11-18(17)27-20;/h5-11,14H,4,12-13H2,1-3H3;1H. The van der Waals surface area contributed by atoms with Gasteiger partial charge in [-0.25, -0.2) is 13.4 Å². The van der Waals surface area contributed by atoms with Gasteiger partial charge in [0.15, 0.2) is 15.0 Å². The van der Waals surface area contributed by atoms with E-state index in [2.05, 4.69) is 4.98 Å². The van der Waals surface area contributed by atoms with Crippen molar-refractivity contribution in [2.75, 3.05) is 37.8 Å². The number of para-hydroxylation sites is 1. The molecule has 0 fully saturated rings. The lowest BCUT2D eigenvalue weighted by atomic mass is 10.2. The molecule has 9 heteroatoms. The molecule has 0 aliphatic carbocycles. The van der Waals surface area contributed by atoms with Crippen molar-refractivity contribution in [3.63, 3.8) is 0 Å². The lowest BCUT2D eigenvalue weighted by Gasteiger charge is -2.22. The molecule has 0 saturated heterocycles. The Kier molecular flexibility index (Phi) is 7.76. The number of sulfone groups is 1. The Morgan fingerprint density at radius 2 is 1.79 bits per heavy atom. The highest BCUT2D eigenvalue weighted by Crippen LogP contribution is 2.29. The summed E-state index contributed by atoms with van der Waals surface area (Å²) in [6.45, 7) is 2.71. The fourth-order valence-corrected chi connectivity index (χ4v) is 4.62. The van der Waals surface area contributed by atoms with Gasteiger partial charge in [-0.3, -0.25) is 9.69 Å². The van der Waals surface area contributed by atoms with Crippen molar-refractivity contribution < 1.29 is 13.2 Å². The van der Waals surface area contributed by atoms with Crippen LogP contribution in [0.1, 0.15) is 17.3 Å². The van der Waals surface area contributed by atoms with Crippen LogP contribution in [0.5, 0.6) is 0 Å². The average Bonchev–Trinajstić information content (AvgIpc) is 3.11. The van der Waals surface area contributed by atoms with E-state index in [1.54, 1.807) is 24.0 Å². The van der Waals surface area contributed by atoms with Crippen molar-refractivity contribution >= 4 is 54.8 Å². The zero-order chi connectivity index (χ0) is 20.3. The van der Waals surface area contributed by atoms with Gasteiger partial charge in [0, 0.05) is 18.7 Å². The van der Waals surface area contributed by atoms with E-state index in [1.165, 1.54) is 23.5 Å². The van der Waals surface area contributed by atoms with Crippen LogP contribution >= 0.6 is 23.7 Å². The van der Waals surface area contributed by atoms with Crippen molar-refractivity contribution in [1.82, 2.24) is 9.88 Å². The molecule has 2 aromatic carbocycles. The monoisotopic (exact) mass is 453 g/mol. The molecule has 0 saturated carbocycles. The van der Waals surface area contributed by atoms with Gasteiger partial charge in [0.05, 0.1) is 20.9 Å². The minimum atomic E-state index is -3.38. The molecule has 3 aromatic rings. The summed E-state index contributed by atoms with van der Waals surface area (Å²) in [5.74, 6) is -0.263.